The fourth-order valence-electron chi connectivity index (χ4n) is 2.57. The van der Waals surface area contributed by atoms with E-state index in [1.165, 1.54) is 0 Å². The molecule has 2 saturated heterocycles. The summed E-state index contributed by atoms with van der Waals surface area (Å²) in [7, 11) is 0. The van der Waals surface area contributed by atoms with Gasteiger partial charge in [-0.05, 0) is 0 Å². The van der Waals surface area contributed by atoms with Crippen LogP contribution < -0.4 is 5.90 Å². The largest absolute Gasteiger partial charge is 0.394 e. The number of hydrogen-bond acceptors (Lipinski definition) is 13. The van der Waals surface area contributed by atoms with Crippen molar-refractivity contribution in [3.8, 4) is 0 Å². The number of aliphatic hydroxyl groups excluding tert-OH is 8. The standard InChI is InChI=1S/C12H22O11.H3NO/c13-1-3-5(15)6(16)9(19)12(22-3)23-10-4(2-14)21-11(20)8(18)7(10)17;1-2/h3-20H,1-2H2;2H,1H2/t3-,4-,5+,6+,7-,8-,9-,10-,11?,12+;/m1./s1. The molecule has 13 nitrogen and oxygen atoms in total. The molecule has 0 saturated carbocycles. The van der Waals surface area contributed by atoms with E-state index in [0.29, 0.717) is 0 Å². The highest BCUT2D eigenvalue weighted by molar-refractivity contribution is 4.93. The van der Waals surface area contributed by atoms with Gasteiger partial charge in [0.25, 0.3) is 0 Å². The van der Waals surface area contributed by atoms with Crippen LogP contribution >= 0.6 is 0 Å². The van der Waals surface area contributed by atoms with Crippen molar-refractivity contribution >= 4 is 0 Å². The van der Waals surface area contributed by atoms with E-state index in [0.717, 1.165) is 0 Å². The summed E-state index contributed by atoms with van der Waals surface area (Å²) in [6.07, 6.45) is -15.6. The molecule has 25 heavy (non-hydrogen) atoms. The van der Waals surface area contributed by atoms with Crippen molar-refractivity contribution in [1.29, 1.82) is 0 Å². The maximum Gasteiger partial charge on any atom is 0.187 e. The van der Waals surface area contributed by atoms with Crippen LogP contribution in [0.2, 0.25) is 0 Å². The molecule has 0 aromatic carbocycles. The van der Waals surface area contributed by atoms with E-state index in [2.05, 4.69) is 5.90 Å². The van der Waals surface area contributed by atoms with E-state index in [4.69, 9.17) is 24.5 Å². The second-order valence-electron chi connectivity index (χ2n) is 5.53. The average molecular weight is 375 g/mol. The van der Waals surface area contributed by atoms with E-state index >= 15 is 0 Å². The van der Waals surface area contributed by atoms with Gasteiger partial charge in [-0.15, -0.1) is 0 Å². The first-order chi connectivity index (χ1) is 11.8. The third kappa shape index (κ3) is 4.81. The minimum absolute atomic E-state index is 0.667. The lowest BCUT2D eigenvalue weighted by atomic mass is 9.97. The Balaban J connectivity index is 0.00000151. The molecule has 13 heteroatoms. The van der Waals surface area contributed by atoms with Crippen LogP contribution in [-0.2, 0) is 14.2 Å². The summed E-state index contributed by atoms with van der Waals surface area (Å²) in [6, 6.07) is 0. The van der Waals surface area contributed by atoms with Crippen LogP contribution in [0.15, 0.2) is 0 Å². The second-order valence-corrected chi connectivity index (χ2v) is 5.53. The van der Waals surface area contributed by atoms with Crippen molar-refractivity contribution in [3.05, 3.63) is 0 Å². The zero-order valence-corrected chi connectivity index (χ0v) is 13.0. The van der Waals surface area contributed by atoms with Gasteiger partial charge >= 0.3 is 0 Å². The summed E-state index contributed by atoms with van der Waals surface area (Å²) in [5, 5.41) is 83.0. The van der Waals surface area contributed by atoms with E-state index in [1.807, 2.05) is 0 Å². The lowest BCUT2D eigenvalue weighted by Crippen LogP contribution is -2.64. The molecule has 0 radical (unpaired) electrons. The lowest BCUT2D eigenvalue weighted by Gasteiger charge is -2.45. The summed E-state index contributed by atoms with van der Waals surface area (Å²) in [4.78, 5) is 0. The molecule has 2 rings (SSSR count). The Kier molecular flexibility index (Phi) is 8.99. The average Bonchev–Trinajstić information content (AvgIpc) is 2.63. The third-order valence-corrected chi connectivity index (χ3v) is 3.98. The van der Waals surface area contributed by atoms with Crippen molar-refractivity contribution in [2.45, 2.75) is 61.4 Å². The molecular weight excluding hydrogens is 350 g/mol. The quantitative estimate of drug-likeness (QED) is 0.206. The molecule has 0 aromatic rings. The molecule has 2 fully saturated rings. The Hall–Kier alpha value is -0.520. The van der Waals surface area contributed by atoms with Crippen LogP contribution in [0.5, 0.6) is 0 Å². The van der Waals surface area contributed by atoms with Crippen LogP contribution in [0.1, 0.15) is 0 Å². The van der Waals surface area contributed by atoms with Crippen LogP contribution in [-0.4, -0.2) is 121 Å². The van der Waals surface area contributed by atoms with Gasteiger partial charge < -0.3 is 60.3 Å². The molecule has 11 N–H and O–H groups in total. The van der Waals surface area contributed by atoms with Crippen LogP contribution in [0, 0.1) is 0 Å². The summed E-state index contributed by atoms with van der Waals surface area (Å²) < 4.78 is 15.3. The molecule has 2 aliphatic heterocycles. The molecule has 0 spiro atoms. The molecule has 150 valence electrons. The minimum atomic E-state index is -1.74. The number of ether oxygens (including phenoxy) is 3. The maximum absolute atomic E-state index is 9.94. The Morgan fingerprint density at radius 1 is 0.680 bits per heavy atom. The smallest absolute Gasteiger partial charge is 0.187 e. The fraction of sp³-hybridized carbons (Fsp3) is 1.00. The molecule has 2 aliphatic rings. The number of aliphatic hydroxyl groups is 8. The summed E-state index contributed by atoms with van der Waals surface area (Å²) in [6.45, 7) is -1.35. The van der Waals surface area contributed by atoms with E-state index < -0.39 is 74.6 Å². The van der Waals surface area contributed by atoms with Crippen molar-refractivity contribution in [2.75, 3.05) is 13.2 Å². The van der Waals surface area contributed by atoms with Crippen molar-refractivity contribution in [2.24, 2.45) is 5.90 Å². The highest BCUT2D eigenvalue weighted by Crippen LogP contribution is 2.28. The Labute approximate surface area is 142 Å². The van der Waals surface area contributed by atoms with Gasteiger partial charge in [0, 0.05) is 0 Å². The van der Waals surface area contributed by atoms with E-state index in [9.17, 15) is 35.7 Å². The van der Waals surface area contributed by atoms with E-state index in [1.54, 1.807) is 0 Å². The zero-order chi connectivity index (χ0) is 19.3. The van der Waals surface area contributed by atoms with Crippen LogP contribution in [0.25, 0.3) is 0 Å². The first-order valence-electron chi connectivity index (χ1n) is 7.34. The Morgan fingerprint density at radius 2 is 1.24 bits per heavy atom. The lowest BCUT2D eigenvalue weighted by molar-refractivity contribution is -0.355. The molecule has 0 amide bonds. The van der Waals surface area contributed by atoms with Crippen LogP contribution in [0.3, 0.4) is 0 Å². The first-order valence-corrected chi connectivity index (χ1v) is 7.34. The van der Waals surface area contributed by atoms with Gasteiger partial charge in [-0.25, -0.2) is 5.90 Å². The number of rotatable bonds is 4. The molecule has 0 aromatic heterocycles. The normalized spacial score (nSPS) is 47.8. The SMILES string of the molecule is NO.OC[C@H]1O[C@@H](O[C@H]2[C@H](O)[C@@H](O)C(O)O[C@@H]2CO)[C@H](O)[C@@H](O)[C@H]1O. The van der Waals surface area contributed by atoms with Gasteiger partial charge in [-0.1, -0.05) is 0 Å². The maximum atomic E-state index is 9.94. The minimum Gasteiger partial charge on any atom is -0.394 e. The summed E-state index contributed by atoms with van der Waals surface area (Å²) >= 11 is 0. The predicted octanol–water partition coefficient (Wildman–Crippen LogP) is -6.06. The molecule has 0 bridgehead atoms. The molecule has 1 unspecified atom stereocenters. The Bertz CT molecular complexity index is 385. The van der Waals surface area contributed by atoms with Gasteiger partial charge in [-0.2, -0.15) is 0 Å². The van der Waals surface area contributed by atoms with Crippen molar-refractivity contribution in [3.63, 3.8) is 0 Å². The van der Waals surface area contributed by atoms with Crippen LogP contribution in [0.4, 0.5) is 0 Å². The first kappa shape index (κ1) is 22.5. The summed E-state index contributed by atoms with van der Waals surface area (Å²) in [5.74, 6) is 3.50. The van der Waals surface area contributed by atoms with Crippen molar-refractivity contribution in [1.82, 2.24) is 0 Å². The van der Waals surface area contributed by atoms with Crippen molar-refractivity contribution < 1.29 is 60.3 Å². The van der Waals surface area contributed by atoms with Gasteiger partial charge in [-0.3, -0.25) is 0 Å². The topological polar surface area (TPSA) is 236 Å². The third-order valence-electron chi connectivity index (χ3n) is 3.98. The highest BCUT2D eigenvalue weighted by atomic mass is 16.7. The fourth-order valence-corrected chi connectivity index (χ4v) is 2.57. The number of nitrogens with two attached hydrogens (primary N) is 1. The van der Waals surface area contributed by atoms with Gasteiger partial charge in [0.15, 0.2) is 12.6 Å². The highest BCUT2D eigenvalue weighted by Gasteiger charge is 2.50. The zero-order valence-electron chi connectivity index (χ0n) is 13.0. The molecule has 10 atom stereocenters. The van der Waals surface area contributed by atoms with E-state index in [-0.39, 0.29) is 0 Å². The molecular formula is C12H25NO12. The predicted molar refractivity (Wildman–Crippen MR) is 74.6 cm³/mol. The monoisotopic (exact) mass is 375 g/mol. The van der Waals surface area contributed by atoms with Gasteiger partial charge in [0.2, 0.25) is 0 Å². The summed E-state index contributed by atoms with van der Waals surface area (Å²) in [5.41, 5.74) is 0. The Morgan fingerprint density at radius 3 is 1.76 bits per heavy atom. The molecule has 0 aliphatic carbocycles. The van der Waals surface area contributed by atoms with Gasteiger partial charge in [0.05, 0.1) is 13.2 Å². The molecule has 2 heterocycles. The second kappa shape index (κ2) is 9.98. The van der Waals surface area contributed by atoms with Gasteiger partial charge in [0.1, 0.15) is 48.8 Å². The number of hydrogen-bond donors (Lipinski definition) is 10.